The lowest BCUT2D eigenvalue weighted by Crippen LogP contribution is -2.41. The predicted octanol–water partition coefficient (Wildman–Crippen LogP) is 3.13. The SMILES string of the molecule is CCOC(=O)NNC(=O)c1ccc(C2CCCCC2)cc1. The van der Waals surface area contributed by atoms with Gasteiger partial charge in [0, 0.05) is 5.56 Å². The van der Waals surface area contributed by atoms with Gasteiger partial charge in [0.25, 0.3) is 5.91 Å². The van der Waals surface area contributed by atoms with Crippen molar-refractivity contribution in [2.45, 2.75) is 44.9 Å². The van der Waals surface area contributed by atoms with Crippen molar-refractivity contribution >= 4 is 12.0 Å². The van der Waals surface area contributed by atoms with Crippen LogP contribution in [0, 0.1) is 0 Å². The molecule has 5 nitrogen and oxygen atoms in total. The van der Waals surface area contributed by atoms with Gasteiger partial charge in [0.2, 0.25) is 0 Å². The van der Waals surface area contributed by atoms with E-state index in [1.165, 1.54) is 37.7 Å². The van der Waals surface area contributed by atoms with E-state index < -0.39 is 6.09 Å². The molecule has 1 aromatic rings. The van der Waals surface area contributed by atoms with Crippen molar-refractivity contribution in [3.8, 4) is 0 Å². The Labute approximate surface area is 125 Å². The maximum absolute atomic E-state index is 11.9. The van der Waals surface area contributed by atoms with Gasteiger partial charge in [-0.25, -0.2) is 10.2 Å². The van der Waals surface area contributed by atoms with E-state index in [0.29, 0.717) is 11.5 Å². The van der Waals surface area contributed by atoms with E-state index in [-0.39, 0.29) is 12.5 Å². The summed E-state index contributed by atoms with van der Waals surface area (Å²) < 4.78 is 4.66. The third-order valence-electron chi connectivity index (χ3n) is 3.80. The van der Waals surface area contributed by atoms with Gasteiger partial charge in [-0.2, -0.15) is 0 Å². The summed E-state index contributed by atoms with van der Waals surface area (Å²) in [6, 6.07) is 7.61. The van der Waals surface area contributed by atoms with Crippen LogP contribution in [0.2, 0.25) is 0 Å². The standard InChI is InChI=1S/C16H22N2O3/c1-2-21-16(20)18-17-15(19)14-10-8-13(9-11-14)12-6-4-3-5-7-12/h8-12H,2-7H2,1H3,(H,17,19)(H,18,20). The van der Waals surface area contributed by atoms with Gasteiger partial charge in [-0.15, -0.1) is 0 Å². The minimum absolute atomic E-state index is 0.262. The van der Waals surface area contributed by atoms with Crippen LogP contribution in [-0.4, -0.2) is 18.6 Å². The highest BCUT2D eigenvalue weighted by Crippen LogP contribution is 2.32. The summed E-state index contributed by atoms with van der Waals surface area (Å²) in [7, 11) is 0. The van der Waals surface area contributed by atoms with Crippen LogP contribution < -0.4 is 10.9 Å². The highest BCUT2D eigenvalue weighted by molar-refractivity contribution is 5.94. The van der Waals surface area contributed by atoms with Gasteiger partial charge in [0.15, 0.2) is 0 Å². The van der Waals surface area contributed by atoms with Gasteiger partial charge in [-0.1, -0.05) is 31.4 Å². The zero-order chi connectivity index (χ0) is 15.1. The summed E-state index contributed by atoms with van der Waals surface area (Å²) in [6.45, 7) is 1.96. The molecule has 1 aromatic carbocycles. The zero-order valence-corrected chi connectivity index (χ0v) is 12.4. The Balaban J connectivity index is 1.88. The molecule has 0 atom stereocenters. The predicted molar refractivity (Wildman–Crippen MR) is 79.9 cm³/mol. The van der Waals surface area contributed by atoms with Crippen LogP contribution in [-0.2, 0) is 4.74 Å². The molecule has 0 aromatic heterocycles. The van der Waals surface area contributed by atoms with E-state index in [1.807, 2.05) is 12.1 Å². The normalized spacial score (nSPS) is 15.3. The molecule has 1 fully saturated rings. The largest absolute Gasteiger partial charge is 0.449 e. The molecule has 2 rings (SSSR count). The molecular formula is C16H22N2O3. The Bertz CT molecular complexity index is 479. The monoisotopic (exact) mass is 290 g/mol. The second-order valence-corrected chi connectivity index (χ2v) is 5.26. The van der Waals surface area contributed by atoms with Gasteiger partial charge in [0.1, 0.15) is 0 Å². The number of hydrazine groups is 1. The Morgan fingerprint density at radius 3 is 2.38 bits per heavy atom. The number of benzene rings is 1. The summed E-state index contributed by atoms with van der Waals surface area (Å²) >= 11 is 0. The number of rotatable bonds is 3. The number of nitrogens with one attached hydrogen (secondary N) is 2. The molecule has 1 aliphatic rings. The van der Waals surface area contributed by atoms with Crippen molar-refractivity contribution in [3.63, 3.8) is 0 Å². The van der Waals surface area contributed by atoms with E-state index in [0.717, 1.165) is 0 Å². The fourth-order valence-corrected chi connectivity index (χ4v) is 2.69. The van der Waals surface area contributed by atoms with Crippen LogP contribution in [0.4, 0.5) is 4.79 Å². The molecule has 5 heteroatoms. The van der Waals surface area contributed by atoms with Crippen LogP contribution in [0.15, 0.2) is 24.3 Å². The van der Waals surface area contributed by atoms with Crippen LogP contribution in [0.25, 0.3) is 0 Å². The average molecular weight is 290 g/mol. The fraction of sp³-hybridized carbons (Fsp3) is 0.500. The molecule has 1 aliphatic carbocycles. The number of carbonyl (C=O) groups is 2. The second-order valence-electron chi connectivity index (χ2n) is 5.26. The quantitative estimate of drug-likeness (QED) is 0.840. The summed E-state index contributed by atoms with van der Waals surface area (Å²) in [5.74, 6) is 0.270. The third-order valence-corrected chi connectivity index (χ3v) is 3.80. The molecule has 2 N–H and O–H groups in total. The molecule has 21 heavy (non-hydrogen) atoms. The number of hydrogen-bond acceptors (Lipinski definition) is 3. The lowest BCUT2D eigenvalue weighted by Gasteiger charge is -2.22. The minimum Gasteiger partial charge on any atom is -0.449 e. The first kappa shape index (κ1) is 15.4. The number of ether oxygens (including phenoxy) is 1. The summed E-state index contributed by atoms with van der Waals surface area (Å²) in [6.07, 6.45) is 5.71. The van der Waals surface area contributed by atoms with E-state index in [1.54, 1.807) is 19.1 Å². The van der Waals surface area contributed by atoms with Gasteiger partial charge in [-0.05, 0) is 43.4 Å². The molecule has 0 unspecified atom stereocenters. The lowest BCUT2D eigenvalue weighted by molar-refractivity contribution is 0.0912. The summed E-state index contributed by atoms with van der Waals surface area (Å²) in [5.41, 5.74) is 6.33. The topological polar surface area (TPSA) is 67.4 Å². The second kappa shape index (κ2) is 7.67. The first-order chi connectivity index (χ1) is 10.2. The van der Waals surface area contributed by atoms with Crippen LogP contribution in [0.1, 0.15) is 60.9 Å². The van der Waals surface area contributed by atoms with Crippen LogP contribution in [0.5, 0.6) is 0 Å². The zero-order valence-electron chi connectivity index (χ0n) is 12.4. The average Bonchev–Trinajstić information content (AvgIpc) is 2.54. The van der Waals surface area contributed by atoms with E-state index >= 15 is 0 Å². The first-order valence-electron chi connectivity index (χ1n) is 7.53. The van der Waals surface area contributed by atoms with Crippen molar-refractivity contribution in [1.82, 2.24) is 10.9 Å². The number of carbonyl (C=O) groups excluding carboxylic acids is 2. The van der Waals surface area contributed by atoms with Gasteiger partial charge < -0.3 is 4.74 Å². The van der Waals surface area contributed by atoms with Crippen molar-refractivity contribution in [2.24, 2.45) is 0 Å². The van der Waals surface area contributed by atoms with Gasteiger partial charge in [0.05, 0.1) is 6.61 Å². The Morgan fingerprint density at radius 1 is 1.10 bits per heavy atom. The molecule has 1 saturated carbocycles. The minimum atomic E-state index is -0.662. The fourth-order valence-electron chi connectivity index (χ4n) is 2.69. The maximum Gasteiger partial charge on any atom is 0.426 e. The Morgan fingerprint density at radius 2 is 1.76 bits per heavy atom. The highest BCUT2D eigenvalue weighted by Gasteiger charge is 2.16. The van der Waals surface area contributed by atoms with Gasteiger partial charge >= 0.3 is 6.09 Å². The molecule has 2 amide bonds. The van der Waals surface area contributed by atoms with E-state index in [2.05, 4.69) is 15.6 Å². The van der Waals surface area contributed by atoms with E-state index in [4.69, 9.17) is 0 Å². The molecule has 0 spiro atoms. The number of hydrogen-bond donors (Lipinski definition) is 2. The molecule has 0 heterocycles. The molecule has 0 bridgehead atoms. The van der Waals surface area contributed by atoms with Crippen molar-refractivity contribution < 1.29 is 14.3 Å². The first-order valence-corrected chi connectivity index (χ1v) is 7.53. The number of amides is 2. The van der Waals surface area contributed by atoms with Crippen LogP contribution in [0.3, 0.4) is 0 Å². The smallest absolute Gasteiger partial charge is 0.426 e. The summed E-state index contributed by atoms with van der Waals surface area (Å²) in [4.78, 5) is 23.0. The van der Waals surface area contributed by atoms with Crippen molar-refractivity contribution in [1.29, 1.82) is 0 Å². The Kier molecular flexibility index (Phi) is 5.60. The molecule has 0 radical (unpaired) electrons. The summed E-state index contributed by atoms with van der Waals surface area (Å²) in [5, 5.41) is 0. The molecule has 0 saturated heterocycles. The van der Waals surface area contributed by atoms with E-state index in [9.17, 15) is 9.59 Å². The maximum atomic E-state index is 11.9. The van der Waals surface area contributed by atoms with Gasteiger partial charge in [-0.3, -0.25) is 10.2 Å². The van der Waals surface area contributed by atoms with Crippen LogP contribution >= 0.6 is 0 Å². The molecule has 114 valence electrons. The van der Waals surface area contributed by atoms with Crippen molar-refractivity contribution in [2.75, 3.05) is 6.61 Å². The lowest BCUT2D eigenvalue weighted by atomic mass is 9.84. The van der Waals surface area contributed by atoms with Crippen molar-refractivity contribution in [3.05, 3.63) is 35.4 Å². The highest BCUT2D eigenvalue weighted by atomic mass is 16.5. The Hall–Kier alpha value is -2.04. The third kappa shape index (κ3) is 4.48. The molecular weight excluding hydrogens is 268 g/mol. The molecule has 0 aliphatic heterocycles.